The third kappa shape index (κ3) is 5.46. The molecule has 0 radical (unpaired) electrons. The lowest BCUT2D eigenvalue weighted by molar-refractivity contribution is -0.405. The zero-order chi connectivity index (χ0) is 29.6. The van der Waals surface area contributed by atoms with Gasteiger partial charge in [-0.25, -0.2) is 0 Å². The van der Waals surface area contributed by atoms with Gasteiger partial charge in [-0.1, -0.05) is 12.1 Å². The third-order valence-corrected chi connectivity index (χ3v) is 7.49. The zero-order valence-corrected chi connectivity index (χ0v) is 21.8. The van der Waals surface area contributed by atoms with Crippen LogP contribution in [0.15, 0.2) is 36.4 Å². The zero-order valence-electron chi connectivity index (χ0n) is 21.8. The number of fused-ring (bicyclic) bond motifs is 1. The molecule has 10 atom stereocenters. The summed E-state index contributed by atoms with van der Waals surface area (Å²) in [7, 11) is 0. The van der Waals surface area contributed by atoms with Crippen LogP contribution in [-0.2, 0) is 14.2 Å². The molecule has 2 saturated heterocycles. The lowest BCUT2D eigenvalue weighted by Gasteiger charge is -2.48. The van der Waals surface area contributed by atoms with E-state index in [0.29, 0.717) is 5.56 Å². The van der Waals surface area contributed by atoms with Crippen LogP contribution in [0.3, 0.4) is 0 Å². The summed E-state index contributed by atoms with van der Waals surface area (Å²) in [4.78, 5) is 12.9. The molecular formula is C27H32O14. The quantitative estimate of drug-likeness (QED) is 0.189. The Morgan fingerprint density at radius 2 is 1.73 bits per heavy atom. The Hall–Kier alpha value is -3.05. The van der Waals surface area contributed by atoms with Crippen LogP contribution >= 0.6 is 0 Å². The van der Waals surface area contributed by atoms with Crippen LogP contribution in [0.4, 0.5) is 0 Å². The number of benzene rings is 2. The fourth-order valence-corrected chi connectivity index (χ4v) is 5.08. The Morgan fingerprint density at radius 3 is 2.41 bits per heavy atom. The minimum Gasteiger partial charge on any atom is -0.508 e. The standard InChI is InChI=1S/C27H32O14/c1-11-22(32)25(35)27(36,26(38-11)40-20-10-37-19(9-28)23(33)24(20)34)41-14-6-15(30)21-16(31)8-17(39-18(21)7-14)12-2-4-13(29)5-3-12/h2-7,11,17,19-20,22-26,28-30,32-36H,8-10H2,1H3/t11-,17-,19?,20+,22-,23+,24?,25?,26?,27-/m0/s1. The molecule has 4 unspecified atom stereocenters. The van der Waals surface area contributed by atoms with Gasteiger partial charge in [-0.2, -0.15) is 0 Å². The highest BCUT2D eigenvalue weighted by Crippen LogP contribution is 2.44. The molecule has 14 nitrogen and oxygen atoms in total. The van der Waals surface area contributed by atoms with Gasteiger partial charge in [-0.3, -0.25) is 4.79 Å². The van der Waals surface area contributed by atoms with E-state index in [-0.39, 0.29) is 35.8 Å². The Bertz CT molecular complexity index is 1250. The molecule has 0 saturated carbocycles. The maximum Gasteiger partial charge on any atom is 0.288 e. The molecule has 3 heterocycles. The highest BCUT2D eigenvalue weighted by atomic mass is 16.8. The first-order valence-electron chi connectivity index (χ1n) is 13.0. The molecule has 3 aliphatic heterocycles. The number of aliphatic hydroxyl groups excluding tert-OH is 5. The van der Waals surface area contributed by atoms with Gasteiger partial charge in [0.2, 0.25) is 6.29 Å². The summed E-state index contributed by atoms with van der Waals surface area (Å²) in [6.07, 6.45) is -13.1. The number of aliphatic hydroxyl groups is 6. The maximum atomic E-state index is 12.9. The van der Waals surface area contributed by atoms with Crippen molar-refractivity contribution in [2.45, 2.75) is 74.3 Å². The highest BCUT2D eigenvalue weighted by molar-refractivity contribution is 6.02. The van der Waals surface area contributed by atoms with Gasteiger partial charge in [0.05, 0.1) is 25.7 Å². The molecule has 0 spiro atoms. The number of carbonyl (C=O) groups excluding carboxylic acids is 1. The number of rotatable bonds is 6. The van der Waals surface area contributed by atoms with Crippen molar-refractivity contribution in [3.63, 3.8) is 0 Å². The van der Waals surface area contributed by atoms with Gasteiger partial charge >= 0.3 is 0 Å². The van der Waals surface area contributed by atoms with E-state index < -0.39 is 79.0 Å². The van der Waals surface area contributed by atoms with Gasteiger partial charge in [0.25, 0.3) is 5.79 Å². The van der Waals surface area contributed by atoms with Gasteiger partial charge < -0.3 is 64.5 Å². The second-order valence-electron chi connectivity index (χ2n) is 10.3. The molecule has 0 aromatic heterocycles. The maximum absolute atomic E-state index is 12.9. The van der Waals surface area contributed by atoms with E-state index in [1.165, 1.54) is 25.1 Å². The van der Waals surface area contributed by atoms with E-state index in [1.807, 2.05) is 0 Å². The Balaban J connectivity index is 1.43. The Kier molecular flexibility index (Phi) is 8.13. The molecule has 0 aliphatic carbocycles. The normalized spacial score (nSPS) is 37.2. The first kappa shape index (κ1) is 29.4. The minimum absolute atomic E-state index is 0.0226. The van der Waals surface area contributed by atoms with Gasteiger partial charge in [0.15, 0.2) is 11.9 Å². The van der Waals surface area contributed by atoms with Gasteiger partial charge in [0, 0.05) is 12.1 Å². The fourth-order valence-electron chi connectivity index (χ4n) is 5.08. The SMILES string of the molecule is C[C@@H]1OC(O[C@@H]2COC(CO)[C@@H](O)C2O)[C@@](O)(Oc2cc(O)c3c(c2)O[C@H](c2ccc(O)cc2)CC3=O)C(O)[C@H]1O. The summed E-state index contributed by atoms with van der Waals surface area (Å²) in [5.74, 6) is -4.20. The molecule has 14 heteroatoms. The molecule has 41 heavy (non-hydrogen) atoms. The lowest BCUT2D eigenvalue weighted by atomic mass is 9.94. The van der Waals surface area contributed by atoms with E-state index in [9.17, 15) is 45.6 Å². The second-order valence-corrected chi connectivity index (χ2v) is 10.3. The van der Waals surface area contributed by atoms with E-state index >= 15 is 0 Å². The number of hydrogen-bond acceptors (Lipinski definition) is 14. The topological polar surface area (TPSA) is 225 Å². The van der Waals surface area contributed by atoms with Crippen LogP contribution < -0.4 is 9.47 Å². The number of ketones is 1. The number of phenols is 2. The third-order valence-electron chi connectivity index (χ3n) is 7.49. The van der Waals surface area contributed by atoms with Gasteiger partial charge in [0.1, 0.15) is 65.2 Å². The van der Waals surface area contributed by atoms with Crippen LogP contribution in [0.5, 0.6) is 23.0 Å². The fraction of sp³-hybridized carbons (Fsp3) is 0.519. The van der Waals surface area contributed by atoms with Crippen molar-refractivity contribution in [3.05, 3.63) is 47.5 Å². The molecule has 224 valence electrons. The van der Waals surface area contributed by atoms with Crippen molar-refractivity contribution in [1.82, 2.24) is 0 Å². The largest absolute Gasteiger partial charge is 0.508 e. The lowest BCUT2D eigenvalue weighted by Crippen LogP contribution is -2.70. The van der Waals surface area contributed by atoms with Crippen LogP contribution in [-0.4, -0.2) is 115 Å². The van der Waals surface area contributed by atoms with E-state index in [0.717, 1.165) is 6.07 Å². The predicted octanol–water partition coefficient (Wildman–Crippen LogP) is -1.16. The molecule has 8 N–H and O–H groups in total. The Morgan fingerprint density at radius 1 is 1.02 bits per heavy atom. The van der Waals surface area contributed by atoms with E-state index in [1.54, 1.807) is 12.1 Å². The van der Waals surface area contributed by atoms with Crippen molar-refractivity contribution < 1.29 is 69.3 Å². The molecule has 2 fully saturated rings. The molecule has 0 bridgehead atoms. The first-order valence-corrected chi connectivity index (χ1v) is 13.0. The van der Waals surface area contributed by atoms with E-state index in [2.05, 4.69) is 0 Å². The van der Waals surface area contributed by atoms with Crippen LogP contribution in [0.1, 0.15) is 35.4 Å². The summed E-state index contributed by atoms with van der Waals surface area (Å²) < 4.78 is 28.1. The van der Waals surface area contributed by atoms with Crippen LogP contribution in [0, 0.1) is 0 Å². The van der Waals surface area contributed by atoms with Crippen LogP contribution in [0.25, 0.3) is 0 Å². The number of carbonyl (C=O) groups is 1. The summed E-state index contributed by atoms with van der Waals surface area (Å²) in [5, 5.41) is 83.0. The smallest absolute Gasteiger partial charge is 0.288 e. The number of ether oxygens (including phenoxy) is 5. The van der Waals surface area contributed by atoms with Gasteiger partial charge in [-0.15, -0.1) is 0 Å². The number of phenolic OH excluding ortho intramolecular Hbond substituents is 2. The van der Waals surface area contributed by atoms with Crippen molar-refractivity contribution >= 4 is 5.78 Å². The van der Waals surface area contributed by atoms with Crippen molar-refractivity contribution in [2.24, 2.45) is 0 Å². The summed E-state index contributed by atoms with van der Waals surface area (Å²) in [6.45, 7) is 0.489. The van der Waals surface area contributed by atoms with Gasteiger partial charge in [-0.05, 0) is 24.6 Å². The number of hydrogen-bond donors (Lipinski definition) is 8. The van der Waals surface area contributed by atoms with Crippen molar-refractivity contribution in [1.29, 1.82) is 0 Å². The van der Waals surface area contributed by atoms with Crippen molar-refractivity contribution in [3.8, 4) is 23.0 Å². The highest BCUT2D eigenvalue weighted by Gasteiger charge is 2.58. The number of Topliss-reactive ketones (excluding diaryl/α,β-unsaturated/α-hetero) is 1. The van der Waals surface area contributed by atoms with Crippen molar-refractivity contribution in [2.75, 3.05) is 13.2 Å². The summed E-state index contributed by atoms with van der Waals surface area (Å²) >= 11 is 0. The van der Waals surface area contributed by atoms with Crippen LogP contribution in [0.2, 0.25) is 0 Å². The first-order chi connectivity index (χ1) is 19.4. The Labute approximate surface area is 233 Å². The molecule has 0 amide bonds. The van der Waals surface area contributed by atoms with E-state index in [4.69, 9.17) is 23.7 Å². The summed E-state index contributed by atoms with van der Waals surface area (Å²) in [6, 6.07) is 8.20. The average Bonchev–Trinajstić information content (AvgIpc) is 2.93. The molecule has 2 aromatic carbocycles. The summed E-state index contributed by atoms with van der Waals surface area (Å²) in [5.41, 5.74) is 0.447. The minimum atomic E-state index is -2.85. The second kappa shape index (κ2) is 11.3. The average molecular weight is 581 g/mol. The molecule has 5 rings (SSSR count). The molecule has 2 aromatic rings. The number of aromatic hydroxyl groups is 2. The monoisotopic (exact) mass is 580 g/mol. The predicted molar refractivity (Wildman–Crippen MR) is 134 cm³/mol. The molecule has 3 aliphatic rings. The molecular weight excluding hydrogens is 548 g/mol.